The van der Waals surface area contributed by atoms with Crippen molar-refractivity contribution in [2.24, 2.45) is 0 Å². The molecule has 0 saturated heterocycles. The van der Waals surface area contributed by atoms with Gasteiger partial charge in [-0.25, -0.2) is 9.97 Å². The molecule has 2 N–H and O–H groups in total. The second-order valence-corrected chi connectivity index (χ2v) is 11.3. The van der Waals surface area contributed by atoms with Crippen LogP contribution >= 0.6 is 24.8 Å². The Morgan fingerprint density at radius 3 is 1.38 bits per heavy atom. The zero-order valence-electron chi connectivity index (χ0n) is 28.6. The number of methoxy groups -OCH3 is 2. The quantitative estimate of drug-likeness (QED) is 0.194. The van der Waals surface area contributed by atoms with Crippen molar-refractivity contribution < 1.29 is 14.9 Å². The maximum Gasteiger partial charge on any atom is 0.251 e. The van der Waals surface area contributed by atoms with Gasteiger partial charge in [-0.1, -0.05) is 24.0 Å². The summed E-state index contributed by atoms with van der Waals surface area (Å²) in [6, 6.07) is 25.9. The van der Waals surface area contributed by atoms with E-state index in [0.717, 1.165) is 44.6 Å². The van der Waals surface area contributed by atoms with E-state index in [1.165, 1.54) is 12.1 Å². The van der Waals surface area contributed by atoms with Gasteiger partial charge >= 0.3 is 0 Å². The SMILES string of the molecule is C#CCn1c(=O)ccc2c(-c3cn4ccccc4n3)ccc(OC)c21.C#CCn1c(=O)ccc2c(-c3cn4ccccc4n3)ccc(OC)c21.Cl.Cl.O. The first-order valence-corrected chi connectivity index (χ1v) is 15.6. The van der Waals surface area contributed by atoms with Gasteiger partial charge < -0.3 is 23.8 Å². The second-order valence-electron chi connectivity index (χ2n) is 11.3. The Hall–Kier alpha value is -6.50. The van der Waals surface area contributed by atoms with Crippen LogP contribution in [0.1, 0.15) is 0 Å². The molecule has 0 bridgehead atoms. The van der Waals surface area contributed by atoms with Crippen molar-refractivity contribution in [2.45, 2.75) is 13.1 Å². The molecular weight excluding hydrogens is 715 g/mol. The van der Waals surface area contributed by atoms with Crippen LogP contribution in [0.2, 0.25) is 0 Å². The molecule has 0 aliphatic rings. The molecule has 0 atom stereocenters. The molecule has 11 nitrogen and oxygen atoms in total. The minimum absolute atomic E-state index is 0. The maximum atomic E-state index is 12.3. The van der Waals surface area contributed by atoms with Crippen molar-refractivity contribution in [2.75, 3.05) is 14.2 Å². The van der Waals surface area contributed by atoms with E-state index >= 15 is 0 Å². The Balaban J connectivity index is 0.000000224. The molecule has 0 aliphatic heterocycles. The predicted molar refractivity (Wildman–Crippen MR) is 214 cm³/mol. The van der Waals surface area contributed by atoms with Crippen molar-refractivity contribution in [1.29, 1.82) is 0 Å². The van der Waals surface area contributed by atoms with E-state index < -0.39 is 0 Å². The van der Waals surface area contributed by atoms with Gasteiger partial charge in [-0.05, 0) is 60.7 Å². The summed E-state index contributed by atoms with van der Waals surface area (Å²) in [6.45, 7) is 0.363. The summed E-state index contributed by atoms with van der Waals surface area (Å²) < 4.78 is 18.0. The summed E-state index contributed by atoms with van der Waals surface area (Å²) in [7, 11) is 3.16. The number of hydrogen-bond acceptors (Lipinski definition) is 6. The van der Waals surface area contributed by atoms with E-state index in [2.05, 4.69) is 21.8 Å². The summed E-state index contributed by atoms with van der Waals surface area (Å²) in [5.41, 5.74) is 6.26. The van der Waals surface area contributed by atoms with Gasteiger partial charge in [0.1, 0.15) is 22.8 Å². The molecule has 8 rings (SSSR count). The molecule has 0 aliphatic carbocycles. The van der Waals surface area contributed by atoms with Crippen molar-refractivity contribution in [1.82, 2.24) is 27.9 Å². The summed E-state index contributed by atoms with van der Waals surface area (Å²) >= 11 is 0. The Bertz CT molecular complexity index is 2530. The third-order valence-corrected chi connectivity index (χ3v) is 8.44. The molecule has 0 unspecified atom stereocenters. The van der Waals surface area contributed by atoms with Crippen LogP contribution in [0.4, 0.5) is 0 Å². The lowest BCUT2D eigenvalue weighted by molar-refractivity contribution is 0.417. The predicted octanol–water partition coefficient (Wildman–Crippen LogP) is 5.93. The van der Waals surface area contributed by atoms with Crippen LogP contribution in [0, 0.1) is 24.7 Å². The van der Waals surface area contributed by atoms with Gasteiger partial charge in [0.15, 0.2) is 0 Å². The van der Waals surface area contributed by atoms with Crippen LogP contribution in [0.25, 0.3) is 55.6 Å². The molecular formula is C40H34Cl2N6O5. The van der Waals surface area contributed by atoms with Crippen LogP contribution in [-0.2, 0) is 13.1 Å². The Kier molecular flexibility index (Phi) is 12.4. The fourth-order valence-electron chi connectivity index (χ4n) is 6.18. The number of fused-ring (bicyclic) bond motifs is 4. The van der Waals surface area contributed by atoms with Crippen LogP contribution < -0.4 is 20.6 Å². The van der Waals surface area contributed by atoms with E-state index in [4.69, 9.17) is 22.3 Å². The average molecular weight is 750 g/mol. The lowest BCUT2D eigenvalue weighted by Crippen LogP contribution is -2.19. The number of hydrogen-bond donors (Lipinski definition) is 0. The Labute approximate surface area is 316 Å². The van der Waals surface area contributed by atoms with Gasteiger partial charge in [-0.2, -0.15) is 0 Å². The number of aromatic nitrogens is 6. The fourth-order valence-corrected chi connectivity index (χ4v) is 6.18. The van der Waals surface area contributed by atoms with Crippen molar-refractivity contribution in [3.8, 4) is 58.7 Å². The second kappa shape index (κ2) is 16.7. The molecule has 0 amide bonds. The molecule has 8 aromatic rings. The lowest BCUT2D eigenvalue weighted by Gasteiger charge is -2.13. The number of pyridine rings is 4. The van der Waals surface area contributed by atoms with E-state index in [9.17, 15) is 9.59 Å². The first-order valence-electron chi connectivity index (χ1n) is 15.6. The topological polar surface area (TPSA) is 129 Å². The van der Waals surface area contributed by atoms with E-state index in [-0.39, 0.29) is 54.5 Å². The van der Waals surface area contributed by atoms with Gasteiger partial charge in [-0.3, -0.25) is 18.7 Å². The number of rotatable bonds is 6. The normalized spacial score (nSPS) is 10.3. The molecule has 53 heavy (non-hydrogen) atoms. The standard InChI is InChI=1S/2C20H15N3O2.2ClH.H2O/c2*1-3-11-23-19(24)10-8-15-14(7-9-17(25-2)20(15)23)16-13-22-12-5-4-6-18(22)21-16;;;/h2*1,4-10,12-13H,11H2,2H3;2*1H;1H2. The van der Waals surface area contributed by atoms with Crippen molar-refractivity contribution in [3.05, 3.63) is 130 Å². The monoisotopic (exact) mass is 748 g/mol. The zero-order chi connectivity index (χ0) is 34.8. The van der Waals surface area contributed by atoms with Gasteiger partial charge in [0.25, 0.3) is 11.1 Å². The van der Waals surface area contributed by atoms with Crippen LogP contribution in [0.3, 0.4) is 0 Å². The number of nitrogens with zero attached hydrogens (tertiary/aromatic N) is 6. The molecule has 0 fully saturated rings. The highest BCUT2D eigenvalue weighted by atomic mass is 35.5. The lowest BCUT2D eigenvalue weighted by atomic mass is 10.0. The number of terminal acetylenes is 2. The van der Waals surface area contributed by atoms with Crippen LogP contribution in [0.5, 0.6) is 11.5 Å². The highest BCUT2D eigenvalue weighted by Crippen LogP contribution is 2.35. The highest BCUT2D eigenvalue weighted by molar-refractivity contribution is 5.98. The minimum Gasteiger partial charge on any atom is -0.495 e. The fraction of sp³-hybridized carbons (Fsp3) is 0.100. The Morgan fingerprint density at radius 1 is 0.604 bits per heavy atom. The van der Waals surface area contributed by atoms with Gasteiger partial charge in [-0.15, -0.1) is 37.7 Å². The molecule has 0 radical (unpaired) electrons. The summed E-state index contributed by atoms with van der Waals surface area (Å²) in [4.78, 5) is 33.9. The molecule has 2 aromatic carbocycles. The molecule has 6 aromatic heterocycles. The zero-order valence-corrected chi connectivity index (χ0v) is 30.2. The van der Waals surface area contributed by atoms with Gasteiger partial charge in [0.05, 0.1) is 49.7 Å². The average Bonchev–Trinajstić information content (AvgIpc) is 3.78. The largest absolute Gasteiger partial charge is 0.495 e. The van der Waals surface area contributed by atoms with Crippen molar-refractivity contribution >= 4 is 57.9 Å². The van der Waals surface area contributed by atoms with E-state index in [1.807, 2.05) is 94.3 Å². The first-order chi connectivity index (χ1) is 24.4. The van der Waals surface area contributed by atoms with E-state index in [0.29, 0.717) is 22.5 Å². The first kappa shape index (κ1) is 39.3. The maximum absolute atomic E-state index is 12.3. The molecule has 13 heteroatoms. The highest BCUT2D eigenvalue weighted by Gasteiger charge is 2.16. The summed E-state index contributed by atoms with van der Waals surface area (Å²) in [5.74, 6) is 6.29. The smallest absolute Gasteiger partial charge is 0.251 e. The number of halogens is 2. The van der Waals surface area contributed by atoms with Crippen molar-refractivity contribution in [3.63, 3.8) is 0 Å². The summed E-state index contributed by atoms with van der Waals surface area (Å²) in [5, 5.41) is 1.75. The third-order valence-electron chi connectivity index (χ3n) is 8.44. The molecule has 268 valence electrons. The van der Waals surface area contributed by atoms with Crippen LogP contribution in [0.15, 0.2) is 119 Å². The van der Waals surface area contributed by atoms with Gasteiger partial charge in [0, 0.05) is 58.8 Å². The number of benzene rings is 2. The van der Waals surface area contributed by atoms with Gasteiger partial charge in [0.2, 0.25) is 0 Å². The third kappa shape index (κ3) is 7.18. The number of imidazole rings is 2. The minimum atomic E-state index is -0.157. The summed E-state index contributed by atoms with van der Waals surface area (Å²) in [6.07, 6.45) is 18.7. The Morgan fingerprint density at radius 2 is 1.02 bits per heavy atom. The number of ether oxygens (including phenoxy) is 2. The van der Waals surface area contributed by atoms with Crippen LogP contribution in [-0.4, -0.2) is 47.6 Å². The molecule has 0 saturated carbocycles. The van der Waals surface area contributed by atoms with E-state index in [1.54, 1.807) is 35.5 Å². The molecule has 6 heterocycles. The molecule has 0 spiro atoms.